The van der Waals surface area contributed by atoms with Crippen LogP contribution in [-0.2, 0) is 4.74 Å². The van der Waals surface area contributed by atoms with Crippen molar-refractivity contribution < 1.29 is 9.84 Å². The predicted molar refractivity (Wildman–Crippen MR) is 67.2 cm³/mol. The fourth-order valence-electron chi connectivity index (χ4n) is 1.44. The summed E-state index contributed by atoms with van der Waals surface area (Å²) in [6, 6.07) is 5.60. The lowest BCUT2D eigenvalue weighted by atomic mass is 10.1. The second kappa shape index (κ2) is 6.09. The minimum Gasteiger partial charge on any atom is -0.389 e. The maximum Gasteiger partial charge on any atom is 0.0762 e. The van der Waals surface area contributed by atoms with E-state index in [4.69, 9.17) is 16.3 Å². The molecule has 90 valence electrons. The van der Waals surface area contributed by atoms with Crippen LogP contribution in [0.15, 0.2) is 18.2 Å². The molecule has 1 atom stereocenters. The number of hydrogen-bond donors (Lipinski definition) is 1. The number of halogens is 1. The van der Waals surface area contributed by atoms with Gasteiger partial charge in [-0.15, -0.1) is 0 Å². The van der Waals surface area contributed by atoms with Crippen LogP contribution in [0.1, 0.15) is 18.6 Å². The first-order valence-electron chi connectivity index (χ1n) is 5.24. The Morgan fingerprint density at radius 2 is 2.19 bits per heavy atom. The molecule has 0 heterocycles. The van der Waals surface area contributed by atoms with Crippen molar-refractivity contribution in [1.82, 2.24) is 0 Å². The average molecular weight is 244 g/mol. The number of likely N-dealkylation sites (N-methyl/N-ethyl adjacent to an activating group) is 1. The summed E-state index contributed by atoms with van der Waals surface area (Å²) in [5, 5.41) is 10.1. The largest absolute Gasteiger partial charge is 0.389 e. The molecule has 0 bridgehead atoms. The monoisotopic (exact) mass is 243 g/mol. The first-order valence-corrected chi connectivity index (χ1v) is 5.61. The van der Waals surface area contributed by atoms with Crippen LogP contribution in [0.4, 0.5) is 5.69 Å². The van der Waals surface area contributed by atoms with Crippen molar-refractivity contribution in [3.63, 3.8) is 0 Å². The van der Waals surface area contributed by atoms with E-state index in [1.165, 1.54) is 0 Å². The first-order chi connectivity index (χ1) is 7.56. The lowest BCUT2D eigenvalue weighted by molar-refractivity contribution is 0.199. The fraction of sp³-hybridized carbons (Fsp3) is 0.500. The van der Waals surface area contributed by atoms with Crippen LogP contribution >= 0.6 is 11.6 Å². The number of hydrogen-bond acceptors (Lipinski definition) is 3. The molecule has 0 aliphatic heterocycles. The third kappa shape index (κ3) is 3.37. The summed E-state index contributed by atoms with van der Waals surface area (Å²) < 4.78 is 5.01. The normalized spacial score (nSPS) is 12.6. The van der Waals surface area contributed by atoms with Crippen molar-refractivity contribution in [3.8, 4) is 0 Å². The van der Waals surface area contributed by atoms with Crippen LogP contribution in [0, 0.1) is 0 Å². The predicted octanol–water partition coefficient (Wildman–Crippen LogP) is 2.48. The van der Waals surface area contributed by atoms with Gasteiger partial charge in [0.05, 0.1) is 23.4 Å². The Labute approximate surface area is 102 Å². The maximum atomic E-state index is 9.43. The van der Waals surface area contributed by atoms with Crippen LogP contribution in [0.3, 0.4) is 0 Å². The molecule has 0 fully saturated rings. The molecule has 16 heavy (non-hydrogen) atoms. The van der Waals surface area contributed by atoms with Gasteiger partial charge in [0.1, 0.15) is 0 Å². The zero-order valence-corrected chi connectivity index (χ0v) is 10.7. The number of rotatable bonds is 5. The smallest absolute Gasteiger partial charge is 0.0762 e. The molecule has 0 saturated carbocycles. The number of ether oxygens (including phenoxy) is 1. The van der Waals surface area contributed by atoms with Gasteiger partial charge in [0.25, 0.3) is 0 Å². The Morgan fingerprint density at radius 3 is 2.69 bits per heavy atom. The summed E-state index contributed by atoms with van der Waals surface area (Å²) in [6.07, 6.45) is -0.490. The van der Waals surface area contributed by atoms with Crippen LogP contribution in [0.5, 0.6) is 0 Å². The molecule has 0 amide bonds. The highest BCUT2D eigenvalue weighted by atomic mass is 35.5. The van der Waals surface area contributed by atoms with E-state index in [0.29, 0.717) is 11.6 Å². The highest BCUT2D eigenvalue weighted by Gasteiger charge is 2.08. The number of methoxy groups -OCH3 is 1. The van der Waals surface area contributed by atoms with E-state index < -0.39 is 6.10 Å². The van der Waals surface area contributed by atoms with Gasteiger partial charge in [0, 0.05) is 20.7 Å². The molecular weight excluding hydrogens is 226 g/mol. The fourth-order valence-corrected chi connectivity index (χ4v) is 1.77. The molecule has 0 aliphatic carbocycles. The Hall–Kier alpha value is -0.770. The lowest BCUT2D eigenvalue weighted by Crippen LogP contribution is -2.22. The van der Waals surface area contributed by atoms with Gasteiger partial charge in [0.2, 0.25) is 0 Å². The Balaban J connectivity index is 2.81. The standard InChI is InChI=1S/C12H18ClNO2/c1-9(15)10-4-5-12(11(13)8-10)14(2)6-7-16-3/h4-5,8-9,15H,6-7H2,1-3H3/t9-/m1/s1. The second-order valence-electron chi connectivity index (χ2n) is 3.80. The van der Waals surface area contributed by atoms with Crippen molar-refractivity contribution in [2.45, 2.75) is 13.0 Å². The summed E-state index contributed by atoms with van der Waals surface area (Å²) in [5.41, 5.74) is 1.78. The van der Waals surface area contributed by atoms with Gasteiger partial charge in [-0.25, -0.2) is 0 Å². The molecule has 3 nitrogen and oxygen atoms in total. The summed E-state index contributed by atoms with van der Waals surface area (Å²) >= 11 is 6.15. The quantitative estimate of drug-likeness (QED) is 0.863. The minimum absolute atomic E-state index is 0.490. The van der Waals surface area contributed by atoms with Gasteiger partial charge in [-0.1, -0.05) is 17.7 Å². The summed E-state index contributed by atoms with van der Waals surface area (Å²) in [6.45, 7) is 3.16. The van der Waals surface area contributed by atoms with E-state index in [9.17, 15) is 5.11 Å². The zero-order valence-electron chi connectivity index (χ0n) is 9.90. The molecule has 0 spiro atoms. The third-order valence-corrected chi connectivity index (χ3v) is 2.80. The van der Waals surface area contributed by atoms with E-state index in [1.54, 1.807) is 20.1 Å². The second-order valence-corrected chi connectivity index (χ2v) is 4.21. The van der Waals surface area contributed by atoms with Gasteiger partial charge in [0.15, 0.2) is 0 Å². The van der Waals surface area contributed by atoms with Crippen LogP contribution < -0.4 is 4.90 Å². The highest BCUT2D eigenvalue weighted by Crippen LogP contribution is 2.28. The zero-order chi connectivity index (χ0) is 12.1. The van der Waals surface area contributed by atoms with Crippen molar-refractivity contribution in [2.75, 3.05) is 32.2 Å². The van der Waals surface area contributed by atoms with Crippen LogP contribution in [-0.4, -0.2) is 32.4 Å². The number of aliphatic hydroxyl groups is 1. The lowest BCUT2D eigenvalue weighted by Gasteiger charge is -2.21. The van der Waals surface area contributed by atoms with Gasteiger partial charge >= 0.3 is 0 Å². The van der Waals surface area contributed by atoms with E-state index in [0.717, 1.165) is 17.8 Å². The molecular formula is C12H18ClNO2. The van der Waals surface area contributed by atoms with Crippen molar-refractivity contribution >= 4 is 17.3 Å². The van der Waals surface area contributed by atoms with Gasteiger partial charge < -0.3 is 14.7 Å². The number of anilines is 1. The molecule has 1 aromatic rings. The average Bonchev–Trinajstić information content (AvgIpc) is 2.25. The van der Waals surface area contributed by atoms with E-state index in [2.05, 4.69) is 0 Å². The molecule has 0 unspecified atom stereocenters. The van der Waals surface area contributed by atoms with E-state index in [1.807, 2.05) is 24.1 Å². The summed E-state index contributed by atoms with van der Waals surface area (Å²) in [4.78, 5) is 2.03. The summed E-state index contributed by atoms with van der Waals surface area (Å²) in [7, 11) is 3.63. The maximum absolute atomic E-state index is 9.43. The third-order valence-electron chi connectivity index (χ3n) is 2.50. The van der Waals surface area contributed by atoms with E-state index >= 15 is 0 Å². The highest BCUT2D eigenvalue weighted by molar-refractivity contribution is 6.33. The molecule has 1 N–H and O–H groups in total. The molecule has 0 aliphatic rings. The topological polar surface area (TPSA) is 32.7 Å². The Kier molecular flexibility index (Phi) is 5.06. The van der Waals surface area contributed by atoms with Crippen molar-refractivity contribution in [3.05, 3.63) is 28.8 Å². The van der Waals surface area contributed by atoms with Crippen molar-refractivity contribution in [1.29, 1.82) is 0 Å². The Morgan fingerprint density at radius 1 is 1.50 bits per heavy atom. The molecule has 0 radical (unpaired) electrons. The van der Waals surface area contributed by atoms with Crippen LogP contribution in [0.2, 0.25) is 5.02 Å². The van der Waals surface area contributed by atoms with Gasteiger partial charge in [-0.05, 0) is 24.6 Å². The summed E-state index contributed by atoms with van der Waals surface area (Å²) in [5.74, 6) is 0. The number of benzene rings is 1. The Bertz CT molecular complexity index is 342. The van der Waals surface area contributed by atoms with Crippen LogP contribution in [0.25, 0.3) is 0 Å². The molecule has 4 heteroatoms. The molecule has 0 aromatic heterocycles. The molecule has 0 saturated heterocycles. The first kappa shape index (κ1) is 13.3. The van der Waals surface area contributed by atoms with Crippen molar-refractivity contribution in [2.24, 2.45) is 0 Å². The SMILES string of the molecule is COCCN(C)c1ccc([C@@H](C)O)cc1Cl. The van der Waals surface area contributed by atoms with E-state index in [-0.39, 0.29) is 0 Å². The molecule has 1 rings (SSSR count). The number of nitrogens with zero attached hydrogens (tertiary/aromatic N) is 1. The molecule has 1 aromatic carbocycles. The number of aliphatic hydroxyl groups excluding tert-OH is 1. The minimum atomic E-state index is -0.490. The van der Waals surface area contributed by atoms with Gasteiger partial charge in [-0.3, -0.25) is 0 Å². The van der Waals surface area contributed by atoms with Gasteiger partial charge in [-0.2, -0.15) is 0 Å².